The third-order valence-electron chi connectivity index (χ3n) is 5.24. The van der Waals surface area contributed by atoms with Crippen LogP contribution < -0.4 is 21.0 Å². The number of carbonyl (C=O) groups is 1. The minimum absolute atomic E-state index is 0.378. The molecule has 2 aromatic carbocycles. The van der Waals surface area contributed by atoms with Gasteiger partial charge < -0.3 is 10.0 Å². The van der Waals surface area contributed by atoms with Gasteiger partial charge in [-0.2, -0.15) is 0 Å². The Morgan fingerprint density at radius 3 is 2.72 bits per heavy atom. The van der Waals surface area contributed by atoms with Crippen LogP contribution in [0.15, 0.2) is 47.3 Å². The first-order valence-electron chi connectivity index (χ1n) is 9.61. The van der Waals surface area contributed by atoms with Crippen molar-refractivity contribution in [3.8, 4) is 0 Å². The number of nitrogens with one attached hydrogen (secondary N) is 1. The Labute approximate surface area is 168 Å². The molecule has 4 rings (SSSR count). The fourth-order valence-corrected chi connectivity index (χ4v) is 3.81. The molecular formula is C23H23N3O3. The van der Waals surface area contributed by atoms with Gasteiger partial charge in [0.15, 0.2) is 0 Å². The van der Waals surface area contributed by atoms with E-state index in [0.29, 0.717) is 10.6 Å². The molecule has 0 radical (unpaired) electrons. The molecule has 148 valence electrons. The highest BCUT2D eigenvalue weighted by Gasteiger charge is 2.18. The Morgan fingerprint density at radius 1 is 1.24 bits per heavy atom. The zero-order valence-corrected chi connectivity index (χ0v) is 16.3. The van der Waals surface area contributed by atoms with Crippen molar-refractivity contribution in [3.63, 3.8) is 0 Å². The third-order valence-corrected chi connectivity index (χ3v) is 5.24. The van der Waals surface area contributed by atoms with Crippen LogP contribution in [-0.2, 0) is 17.8 Å². The molecule has 1 aliphatic heterocycles. The fraction of sp³-hybridized carbons (Fsp3) is 0.217. The highest BCUT2D eigenvalue weighted by Crippen LogP contribution is 2.34. The lowest BCUT2D eigenvalue weighted by atomic mass is 9.98. The average molecular weight is 389 g/mol. The van der Waals surface area contributed by atoms with Gasteiger partial charge in [-0.15, -0.1) is 0 Å². The first-order chi connectivity index (χ1) is 13.9. The van der Waals surface area contributed by atoms with Crippen molar-refractivity contribution in [2.24, 2.45) is 0 Å². The second kappa shape index (κ2) is 7.47. The maximum atomic E-state index is 12.5. The summed E-state index contributed by atoms with van der Waals surface area (Å²) in [5.74, 6) is -1.08. The number of H-pyrrole nitrogens is 1. The van der Waals surface area contributed by atoms with Crippen LogP contribution in [0.4, 0.5) is 11.4 Å². The molecule has 0 saturated carbocycles. The van der Waals surface area contributed by atoms with E-state index < -0.39 is 12.5 Å². The minimum Gasteiger partial charge on any atom is -0.480 e. The molecule has 0 amide bonds. The first-order valence-corrected chi connectivity index (χ1v) is 9.61. The number of hydrogen-bond acceptors (Lipinski definition) is 3. The molecule has 29 heavy (non-hydrogen) atoms. The lowest BCUT2D eigenvalue weighted by Crippen LogP contribution is -2.35. The lowest BCUT2D eigenvalue weighted by molar-refractivity contribution is -0.137. The number of aromatic nitrogens is 2. The van der Waals surface area contributed by atoms with Crippen LogP contribution in [0.25, 0.3) is 12.7 Å². The quantitative estimate of drug-likeness (QED) is 0.714. The van der Waals surface area contributed by atoms with Gasteiger partial charge in [0.25, 0.3) is 5.56 Å². The standard InChI is InChI=1S/C23H23N3O3/c1-15-5-8-19(9-6-15)25-11-3-4-18-12-17(7-10-21(18)25)13-20-16(2)24-26(23(20)29)14-22(27)28/h5-10,12-13,24H,2-4,11,14H2,1H3,(H,27,28). The lowest BCUT2D eigenvalue weighted by Gasteiger charge is -2.31. The second-order valence-electron chi connectivity index (χ2n) is 7.41. The average Bonchev–Trinajstić information content (AvgIpc) is 2.95. The topological polar surface area (TPSA) is 78.3 Å². The van der Waals surface area contributed by atoms with Gasteiger partial charge in [-0.25, -0.2) is 4.68 Å². The van der Waals surface area contributed by atoms with E-state index in [1.807, 2.05) is 6.07 Å². The molecule has 0 aliphatic carbocycles. The van der Waals surface area contributed by atoms with Crippen molar-refractivity contribution in [2.75, 3.05) is 11.4 Å². The van der Waals surface area contributed by atoms with Crippen molar-refractivity contribution in [1.29, 1.82) is 0 Å². The summed E-state index contributed by atoms with van der Waals surface area (Å²) >= 11 is 0. The molecule has 1 aliphatic rings. The fourth-order valence-electron chi connectivity index (χ4n) is 3.81. The van der Waals surface area contributed by atoms with Gasteiger partial charge in [-0.3, -0.25) is 14.7 Å². The molecule has 6 nitrogen and oxygen atoms in total. The van der Waals surface area contributed by atoms with Crippen molar-refractivity contribution in [1.82, 2.24) is 9.78 Å². The largest absolute Gasteiger partial charge is 0.480 e. The number of aliphatic carboxylic acids is 1. The maximum absolute atomic E-state index is 12.5. The van der Waals surface area contributed by atoms with E-state index in [-0.39, 0.29) is 5.56 Å². The number of rotatable bonds is 4. The molecule has 0 spiro atoms. The maximum Gasteiger partial charge on any atom is 0.325 e. The number of carboxylic acid groups (broad SMARTS) is 1. The van der Waals surface area contributed by atoms with E-state index in [0.717, 1.165) is 29.6 Å². The Balaban J connectivity index is 1.72. The van der Waals surface area contributed by atoms with Crippen LogP contribution in [0, 0.1) is 6.92 Å². The Kier molecular flexibility index (Phi) is 4.84. The molecule has 3 aromatic rings. The summed E-state index contributed by atoms with van der Waals surface area (Å²) in [6.45, 7) is 6.48. The highest BCUT2D eigenvalue weighted by atomic mass is 16.4. The number of anilines is 2. The van der Waals surface area contributed by atoms with E-state index in [4.69, 9.17) is 5.11 Å². The van der Waals surface area contributed by atoms with E-state index in [9.17, 15) is 9.59 Å². The normalized spacial score (nSPS) is 14.1. The van der Waals surface area contributed by atoms with Gasteiger partial charge >= 0.3 is 5.97 Å². The van der Waals surface area contributed by atoms with Crippen LogP contribution >= 0.6 is 0 Å². The number of carboxylic acids is 1. The number of nitrogens with zero attached hydrogens (tertiary/aromatic N) is 2. The SMILES string of the molecule is C=c1[nH]n(CC(=O)O)c(=O)c1=Cc1ccc2c(c1)CCCN2c1ccc(C)cc1. The molecular weight excluding hydrogens is 366 g/mol. The summed E-state index contributed by atoms with van der Waals surface area (Å²) in [4.78, 5) is 25.7. The van der Waals surface area contributed by atoms with Crippen LogP contribution in [0.1, 0.15) is 23.1 Å². The molecule has 0 unspecified atom stereocenters. The first kappa shape index (κ1) is 18.8. The molecule has 1 aromatic heterocycles. The van der Waals surface area contributed by atoms with Gasteiger partial charge in [-0.05, 0) is 61.2 Å². The van der Waals surface area contributed by atoms with Gasteiger partial charge in [0.1, 0.15) is 6.54 Å². The zero-order chi connectivity index (χ0) is 20.5. The van der Waals surface area contributed by atoms with Gasteiger partial charge in [0.2, 0.25) is 0 Å². The molecule has 0 bridgehead atoms. The van der Waals surface area contributed by atoms with Crippen LogP contribution in [0.5, 0.6) is 0 Å². The summed E-state index contributed by atoms with van der Waals surface area (Å²) in [6, 6.07) is 14.7. The Bertz CT molecular complexity index is 1240. The van der Waals surface area contributed by atoms with E-state index in [2.05, 4.69) is 59.9 Å². The summed E-state index contributed by atoms with van der Waals surface area (Å²) in [5.41, 5.74) is 5.35. The van der Waals surface area contributed by atoms with Crippen molar-refractivity contribution in [3.05, 3.63) is 80.1 Å². The minimum atomic E-state index is -1.08. The van der Waals surface area contributed by atoms with E-state index in [1.165, 1.54) is 22.5 Å². The molecule has 0 atom stereocenters. The van der Waals surface area contributed by atoms with Gasteiger partial charge in [0, 0.05) is 17.9 Å². The van der Waals surface area contributed by atoms with Crippen molar-refractivity contribution in [2.45, 2.75) is 26.3 Å². The van der Waals surface area contributed by atoms with E-state index in [1.54, 1.807) is 6.08 Å². The van der Waals surface area contributed by atoms with Gasteiger partial charge in [0.05, 0.1) is 10.6 Å². The summed E-state index contributed by atoms with van der Waals surface area (Å²) < 4.78 is 1.06. The number of benzene rings is 2. The monoisotopic (exact) mass is 389 g/mol. The summed E-state index contributed by atoms with van der Waals surface area (Å²) in [6.07, 6.45) is 3.80. The van der Waals surface area contributed by atoms with Crippen LogP contribution in [0.2, 0.25) is 0 Å². The number of aromatic amines is 1. The molecule has 2 heterocycles. The number of aryl methyl sites for hydroxylation is 2. The Morgan fingerprint density at radius 2 is 2.00 bits per heavy atom. The summed E-state index contributed by atoms with van der Waals surface area (Å²) in [7, 11) is 0. The third kappa shape index (κ3) is 3.74. The smallest absolute Gasteiger partial charge is 0.325 e. The molecule has 2 N–H and O–H groups in total. The second-order valence-corrected chi connectivity index (χ2v) is 7.41. The van der Waals surface area contributed by atoms with Crippen LogP contribution in [-0.4, -0.2) is 27.4 Å². The van der Waals surface area contributed by atoms with Crippen LogP contribution in [0.3, 0.4) is 0 Å². The Hall–Kier alpha value is -3.54. The van der Waals surface area contributed by atoms with Crippen molar-refractivity contribution < 1.29 is 9.90 Å². The predicted octanol–water partition coefficient (Wildman–Crippen LogP) is 1.89. The predicted molar refractivity (Wildman–Crippen MR) is 114 cm³/mol. The van der Waals surface area contributed by atoms with E-state index >= 15 is 0 Å². The summed E-state index contributed by atoms with van der Waals surface area (Å²) in [5, 5.41) is 12.5. The van der Waals surface area contributed by atoms with Crippen molar-refractivity contribution >= 4 is 30.0 Å². The van der Waals surface area contributed by atoms with Gasteiger partial charge in [-0.1, -0.05) is 30.3 Å². The molecule has 0 fully saturated rings. The molecule has 0 saturated heterocycles. The number of hydrogen-bond donors (Lipinski definition) is 2. The number of fused-ring (bicyclic) bond motifs is 1. The molecule has 6 heteroatoms. The highest BCUT2D eigenvalue weighted by molar-refractivity contribution is 5.70. The zero-order valence-electron chi connectivity index (χ0n) is 16.3.